The van der Waals surface area contributed by atoms with E-state index >= 15 is 0 Å². The molecule has 20 heteroatoms. The SMILES string of the molecule is O=C(O)c1ccc(F)cc1.O=C(O)c1ccc(O)cc1.O=C(ON1C(=O)CCC1=O)c1ccc(F)cc1.O=S(=O)=O.O=S(=O)=O. The van der Waals surface area contributed by atoms with Crippen LogP contribution in [0, 0.1) is 11.6 Å². The summed E-state index contributed by atoms with van der Waals surface area (Å²) < 4.78 is 75.4. The van der Waals surface area contributed by atoms with Gasteiger partial charge in [0.25, 0.3) is 11.8 Å². The summed E-state index contributed by atoms with van der Waals surface area (Å²) in [5.74, 6) is -4.84. The van der Waals surface area contributed by atoms with Gasteiger partial charge in [0.05, 0.1) is 16.7 Å². The summed E-state index contributed by atoms with van der Waals surface area (Å²) in [6.45, 7) is 0. The van der Waals surface area contributed by atoms with E-state index < -0.39 is 62.6 Å². The smallest absolute Gasteiger partial charge is 0.425 e. The van der Waals surface area contributed by atoms with Gasteiger partial charge in [-0.05, 0) is 72.8 Å². The van der Waals surface area contributed by atoms with Crippen molar-refractivity contribution in [1.82, 2.24) is 5.06 Å². The maximum Gasteiger partial charge on any atom is 0.425 e. The molecule has 1 aliphatic rings. The molecule has 3 aromatic carbocycles. The zero-order valence-electron chi connectivity index (χ0n) is 22.1. The topological polar surface area (TPSA) is 261 Å². The van der Waals surface area contributed by atoms with Crippen molar-refractivity contribution in [2.75, 3.05) is 0 Å². The lowest BCUT2D eigenvalue weighted by molar-refractivity contribution is -0.172. The van der Waals surface area contributed by atoms with Crippen molar-refractivity contribution in [2.24, 2.45) is 0 Å². The van der Waals surface area contributed by atoms with Gasteiger partial charge in [0.15, 0.2) is 0 Å². The van der Waals surface area contributed by atoms with Crippen molar-refractivity contribution >= 4 is 50.9 Å². The van der Waals surface area contributed by atoms with Crippen LogP contribution in [0.3, 0.4) is 0 Å². The van der Waals surface area contributed by atoms with E-state index in [-0.39, 0.29) is 35.3 Å². The molecule has 240 valence electrons. The van der Waals surface area contributed by atoms with Crippen molar-refractivity contribution in [3.8, 4) is 5.75 Å². The van der Waals surface area contributed by atoms with Gasteiger partial charge in [0, 0.05) is 12.8 Å². The molecule has 0 atom stereocenters. The zero-order chi connectivity index (χ0) is 34.7. The maximum absolute atomic E-state index is 12.6. The molecule has 1 heterocycles. The largest absolute Gasteiger partial charge is 0.508 e. The van der Waals surface area contributed by atoms with Gasteiger partial charge >= 0.3 is 39.1 Å². The van der Waals surface area contributed by atoms with Crippen LogP contribution in [0.4, 0.5) is 8.78 Å². The van der Waals surface area contributed by atoms with Gasteiger partial charge in [-0.1, -0.05) is 0 Å². The number of aromatic carboxylic acids is 2. The monoisotopic (exact) mass is 675 g/mol. The van der Waals surface area contributed by atoms with E-state index in [1.165, 1.54) is 48.5 Å². The Hall–Kier alpha value is -5.89. The molecule has 0 radical (unpaired) electrons. The highest BCUT2D eigenvalue weighted by molar-refractivity contribution is 7.59. The highest BCUT2D eigenvalue weighted by Gasteiger charge is 2.33. The molecule has 0 aliphatic carbocycles. The minimum absolute atomic E-state index is 0.0372. The number of hydroxylamine groups is 2. The Morgan fingerprint density at radius 1 is 0.600 bits per heavy atom. The molecule has 2 amide bonds. The first-order valence-corrected chi connectivity index (χ1v) is 13.3. The Bertz CT molecular complexity index is 1600. The number of halogens is 2. The first-order chi connectivity index (χ1) is 20.9. The van der Waals surface area contributed by atoms with Crippen LogP contribution >= 0.6 is 0 Å². The van der Waals surface area contributed by atoms with Gasteiger partial charge in [-0.25, -0.2) is 23.2 Å². The second kappa shape index (κ2) is 20.1. The van der Waals surface area contributed by atoms with Crippen LogP contribution in [-0.4, -0.2) is 75.4 Å². The van der Waals surface area contributed by atoms with Crippen LogP contribution < -0.4 is 0 Å². The maximum atomic E-state index is 12.6. The van der Waals surface area contributed by atoms with Crippen molar-refractivity contribution in [1.29, 1.82) is 0 Å². The van der Waals surface area contributed by atoms with Crippen LogP contribution in [-0.2, 0) is 35.6 Å². The molecule has 0 aromatic heterocycles. The molecule has 0 saturated carbocycles. The van der Waals surface area contributed by atoms with E-state index in [1.54, 1.807) is 0 Å². The first kappa shape index (κ1) is 39.1. The van der Waals surface area contributed by atoms with Crippen LogP contribution in [0.25, 0.3) is 0 Å². The van der Waals surface area contributed by atoms with E-state index in [1.807, 2.05) is 0 Å². The number of amides is 2. The Balaban J connectivity index is 0.000000599. The highest BCUT2D eigenvalue weighted by atomic mass is 32.2. The number of carboxylic acid groups (broad SMARTS) is 2. The molecule has 1 fully saturated rings. The molecule has 45 heavy (non-hydrogen) atoms. The summed E-state index contributed by atoms with van der Waals surface area (Å²) in [7, 11) is -6.22. The quantitative estimate of drug-likeness (QED) is 0.332. The number of nitrogens with zero attached hydrogens (tertiary/aromatic N) is 1. The van der Waals surface area contributed by atoms with Crippen molar-refractivity contribution in [3.05, 3.63) is 101 Å². The third kappa shape index (κ3) is 17.6. The number of benzene rings is 3. The predicted molar refractivity (Wildman–Crippen MR) is 141 cm³/mol. The fourth-order valence-electron chi connectivity index (χ4n) is 2.58. The molecule has 0 bridgehead atoms. The molecule has 0 unspecified atom stereocenters. The fraction of sp³-hybridized carbons (Fsp3) is 0.0800. The third-order valence-corrected chi connectivity index (χ3v) is 4.47. The van der Waals surface area contributed by atoms with Crippen LogP contribution in [0.15, 0.2) is 72.8 Å². The average Bonchev–Trinajstić information content (AvgIpc) is 3.26. The summed E-state index contributed by atoms with van der Waals surface area (Å²) in [5.41, 5.74) is 0.345. The summed E-state index contributed by atoms with van der Waals surface area (Å²) in [6.07, 6.45) is 0.0745. The number of carbonyl (C=O) groups excluding carboxylic acids is 3. The number of carbonyl (C=O) groups is 5. The van der Waals surface area contributed by atoms with Crippen molar-refractivity contribution in [2.45, 2.75) is 12.8 Å². The average molecular weight is 676 g/mol. The number of aromatic hydroxyl groups is 1. The van der Waals surface area contributed by atoms with Gasteiger partial charge in [0.2, 0.25) is 0 Å². The third-order valence-electron chi connectivity index (χ3n) is 4.47. The number of hydrogen-bond donors (Lipinski definition) is 3. The number of phenols is 1. The lowest BCUT2D eigenvalue weighted by atomic mass is 10.2. The Labute approximate surface area is 253 Å². The van der Waals surface area contributed by atoms with Crippen molar-refractivity contribution < 1.29 is 78.2 Å². The zero-order valence-corrected chi connectivity index (χ0v) is 23.7. The van der Waals surface area contributed by atoms with E-state index in [0.717, 1.165) is 24.3 Å². The lowest BCUT2D eigenvalue weighted by Crippen LogP contribution is -2.32. The summed E-state index contributed by atoms with van der Waals surface area (Å²) in [6, 6.07) is 14.6. The predicted octanol–water partition coefficient (Wildman–Crippen LogP) is 1.65. The molecular weight excluding hydrogens is 656 g/mol. The molecule has 1 aliphatic heterocycles. The Morgan fingerprint density at radius 2 is 0.889 bits per heavy atom. The minimum atomic E-state index is -3.11. The minimum Gasteiger partial charge on any atom is -0.508 e. The number of imide groups is 1. The van der Waals surface area contributed by atoms with Crippen LogP contribution in [0.2, 0.25) is 0 Å². The standard InChI is InChI=1S/C11H8FNO4.C7H5FO2.C7H6O3.2O3S/c12-8-3-1-7(2-4-8)11(16)17-13-9(14)5-6-10(13)15;2*8-6-3-1-5(2-4-6)7(9)10;2*1-4(2)3/h1-4H,5-6H2;1-4H,(H,9,10);1-4,8H,(H,9,10);;. The molecule has 1 saturated heterocycles. The number of rotatable bonds is 4. The fourth-order valence-corrected chi connectivity index (χ4v) is 2.58. The first-order valence-electron chi connectivity index (χ1n) is 11.3. The Kier molecular flexibility index (Phi) is 17.5. The molecule has 4 rings (SSSR count). The van der Waals surface area contributed by atoms with Gasteiger partial charge < -0.3 is 20.2 Å². The van der Waals surface area contributed by atoms with E-state index in [2.05, 4.69) is 4.84 Å². The number of carboxylic acids is 2. The van der Waals surface area contributed by atoms with Gasteiger partial charge in [0.1, 0.15) is 17.4 Å². The highest BCUT2D eigenvalue weighted by Crippen LogP contribution is 2.14. The van der Waals surface area contributed by atoms with Gasteiger partial charge in [-0.15, -0.1) is 30.3 Å². The van der Waals surface area contributed by atoms with Gasteiger partial charge in [-0.3, -0.25) is 9.59 Å². The second-order valence-corrected chi connectivity index (χ2v) is 8.36. The number of phenolic OH excluding ortho intramolecular Hbond substituents is 1. The second-order valence-electron chi connectivity index (χ2n) is 7.54. The molecule has 0 spiro atoms. The van der Waals surface area contributed by atoms with Gasteiger partial charge in [-0.2, -0.15) is 0 Å². The number of hydrogen-bond acceptors (Lipinski definition) is 13. The van der Waals surface area contributed by atoms with Crippen LogP contribution in [0.1, 0.15) is 43.9 Å². The van der Waals surface area contributed by atoms with E-state index in [4.69, 9.17) is 40.6 Å². The molecular formula is C25H19F2NO15S2. The summed E-state index contributed by atoms with van der Waals surface area (Å²) in [4.78, 5) is 58.9. The van der Waals surface area contributed by atoms with Crippen molar-refractivity contribution in [3.63, 3.8) is 0 Å². The lowest BCUT2D eigenvalue weighted by Gasteiger charge is -2.12. The van der Waals surface area contributed by atoms with E-state index in [9.17, 15) is 32.8 Å². The van der Waals surface area contributed by atoms with E-state index in [0.29, 0.717) is 5.06 Å². The summed E-state index contributed by atoms with van der Waals surface area (Å²) in [5, 5.41) is 25.9. The normalized spacial score (nSPS) is 10.9. The van der Waals surface area contributed by atoms with Crippen LogP contribution in [0.5, 0.6) is 5.75 Å². The summed E-state index contributed by atoms with van der Waals surface area (Å²) >= 11 is 0. The molecule has 16 nitrogen and oxygen atoms in total. The molecule has 3 aromatic rings. The Morgan fingerprint density at radius 3 is 1.20 bits per heavy atom. The molecule has 3 N–H and O–H groups in total.